The van der Waals surface area contributed by atoms with E-state index in [1.807, 2.05) is 0 Å². The number of rotatable bonds is 22. The second kappa shape index (κ2) is 28.7. The number of unbranched alkanes of at least 4 members (excludes halogenated alkanes) is 18. The second-order valence-corrected chi connectivity index (χ2v) is 8.89. The normalized spacial score (nSPS) is 11.7. The fraction of sp³-hybridized carbons (Fsp3) is 0.960. The molecule has 0 aromatic carbocycles. The van der Waals surface area contributed by atoms with Gasteiger partial charge in [0, 0.05) is 12.2 Å². The Balaban J connectivity index is 0. The Bertz CT molecular complexity index is 322. The fourth-order valence-corrected chi connectivity index (χ4v) is 3.53. The molecule has 0 aliphatic heterocycles. The second-order valence-electron chi connectivity index (χ2n) is 8.53. The number of carboxylic acid groups (broad SMARTS) is 1. The quantitative estimate of drug-likeness (QED) is 0.105. The van der Waals surface area contributed by atoms with Crippen LogP contribution in [0, 0.1) is 0 Å². The number of aliphatic hydroxyl groups is 2. The Morgan fingerprint density at radius 3 is 1.17 bits per heavy atom. The molecular formula is C25H52O4S. The summed E-state index contributed by atoms with van der Waals surface area (Å²) in [6, 6.07) is 0. The SMILES string of the molecule is CCCCCCCCCCCCCCCCCCCCCC(=O)O.OCC(O)CS. The number of hydrogen-bond donors (Lipinski definition) is 4. The molecule has 0 bridgehead atoms. The zero-order valence-electron chi connectivity index (χ0n) is 19.8. The van der Waals surface area contributed by atoms with Crippen LogP contribution >= 0.6 is 12.6 Å². The molecule has 0 radical (unpaired) electrons. The Kier molecular flexibility index (Phi) is 30.6. The monoisotopic (exact) mass is 448 g/mol. The minimum absolute atomic E-state index is 0.191. The van der Waals surface area contributed by atoms with Crippen molar-refractivity contribution in [3.05, 3.63) is 0 Å². The topological polar surface area (TPSA) is 77.8 Å². The van der Waals surface area contributed by atoms with Crippen molar-refractivity contribution in [1.82, 2.24) is 0 Å². The molecule has 0 fully saturated rings. The third-order valence-corrected chi connectivity index (χ3v) is 5.84. The lowest BCUT2D eigenvalue weighted by Crippen LogP contribution is -2.12. The lowest BCUT2D eigenvalue weighted by atomic mass is 10.0. The van der Waals surface area contributed by atoms with Crippen molar-refractivity contribution in [3.63, 3.8) is 0 Å². The first kappa shape index (κ1) is 31.9. The van der Waals surface area contributed by atoms with E-state index in [9.17, 15) is 4.79 Å². The van der Waals surface area contributed by atoms with Gasteiger partial charge in [0.2, 0.25) is 0 Å². The van der Waals surface area contributed by atoms with Gasteiger partial charge in [0.15, 0.2) is 0 Å². The van der Waals surface area contributed by atoms with Gasteiger partial charge in [-0.05, 0) is 6.42 Å². The van der Waals surface area contributed by atoms with E-state index >= 15 is 0 Å². The molecule has 1 atom stereocenters. The average molecular weight is 449 g/mol. The van der Waals surface area contributed by atoms with Crippen molar-refractivity contribution in [2.45, 2.75) is 141 Å². The van der Waals surface area contributed by atoms with E-state index in [1.54, 1.807) is 0 Å². The summed E-state index contributed by atoms with van der Waals surface area (Å²) in [5, 5.41) is 24.9. The van der Waals surface area contributed by atoms with Crippen LogP contribution < -0.4 is 0 Å². The third kappa shape index (κ3) is 32.4. The lowest BCUT2D eigenvalue weighted by molar-refractivity contribution is -0.137. The van der Waals surface area contributed by atoms with Gasteiger partial charge in [0.05, 0.1) is 12.7 Å². The Labute approximate surface area is 192 Å². The molecule has 1 unspecified atom stereocenters. The van der Waals surface area contributed by atoms with Crippen LogP contribution in [0.15, 0.2) is 0 Å². The highest BCUT2D eigenvalue weighted by atomic mass is 32.1. The van der Waals surface area contributed by atoms with Crippen molar-refractivity contribution < 1.29 is 20.1 Å². The summed E-state index contributed by atoms with van der Waals surface area (Å²) in [6.07, 6.45) is 25.5. The number of aliphatic carboxylic acids is 1. The average Bonchev–Trinajstić information content (AvgIpc) is 2.75. The van der Waals surface area contributed by atoms with Crippen LogP contribution in [0.25, 0.3) is 0 Å². The maximum atomic E-state index is 10.4. The van der Waals surface area contributed by atoms with Gasteiger partial charge >= 0.3 is 5.97 Å². The van der Waals surface area contributed by atoms with E-state index in [2.05, 4.69) is 19.6 Å². The molecular weight excluding hydrogens is 396 g/mol. The van der Waals surface area contributed by atoms with Gasteiger partial charge in [0.25, 0.3) is 0 Å². The predicted molar refractivity (Wildman–Crippen MR) is 133 cm³/mol. The highest BCUT2D eigenvalue weighted by molar-refractivity contribution is 7.80. The standard InChI is InChI=1S/C22H44O2.C3H8O2S/c1-2-3-4-5-6-7-8-9-10-11-12-13-14-15-16-17-18-19-20-21-22(23)24;4-1-3(5)2-6/h2-21H2,1H3,(H,23,24);3-6H,1-2H2. The van der Waals surface area contributed by atoms with Crippen LogP contribution in [-0.4, -0.2) is 39.8 Å². The fourth-order valence-electron chi connectivity index (χ4n) is 3.41. The van der Waals surface area contributed by atoms with Crippen LogP contribution in [0.2, 0.25) is 0 Å². The maximum absolute atomic E-state index is 10.4. The number of carboxylic acids is 1. The molecule has 0 saturated heterocycles. The number of hydrogen-bond acceptors (Lipinski definition) is 4. The maximum Gasteiger partial charge on any atom is 0.303 e. The summed E-state index contributed by atoms with van der Waals surface area (Å²) >= 11 is 3.69. The molecule has 0 aliphatic rings. The Morgan fingerprint density at radius 1 is 0.667 bits per heavy atom. The van der Waals surface area contributed by atoms with Crippen LogP contribution in [0.4, 0.5) is 0 Å². The molecule has 0 amide bonds. The molecule has 30 heavy (non-hydrogen) atoms. The summed E-state index contributed by atoms with van der Waals surface area (Å²) in [5.41, 5.74) is 0. The van der Waals surface area contributed by atoms with Crippen molar-refractivity contribution in [3.8, 4) is 0 Å². The molecule has 0 aromatic rings. The van der Waals surface area contributed by atoms with Gasteiger partial charge in [-0.1, -0.05) is 122 Å². The summed E-state index contributed by atoms with van der Waals surface area (Å²) in [6.45, 7) is 2.09. The van der Waals surface area contributed by atoms with Gasteiger partial charge in [-0.2, -0.15) is 12.6 Å². The molecule has 3 N–H and O–H groups in total. The predicted octanol–water partition coefficient (Wildman–Crippen LogP) is 7.16. The number of carbonyl (C=O) groups is 1. The van der Waals surface area contributed by atoms with Gasteiger partial charge in [0.1, 0.15) is 0 Å². The first-order valence-corrected chi connectivity index (χ1v) is 13.3. The van der Waals surface area contributed by atoms with E-state index in [1.165, 1.54) is 109 Å². The zero-order chi connectivity index (χ0) is 22.7. The van der Waals surface area contributed by atoms with E-state index in [0.717, 1.165) is 12.8 Å². The summed E-state index contributed by atoms with van der Waals surface area (Å²) in [4.78, 5) is 10.4. The van der Waals surface area contributed by atoms with E-state index in [0.29, 0.717) is 12.2 Å². The van der Waals surface area contributed by atoms with Crippen LogP contribution in [0.5, 0.6) is 0 Å². The first-order valence-electron chi connectivity index (χ1n) is 12.7. The van der Waals surface area contributed by atoms with Crippen molar-refractivity contribution >= 4 is 18.6 Å². The van der Waals surface area contributed by atoms with Crippen LogP contribution in [0.3, 0.4) is 0 Å². The minimum Gasteiger partial charge on any atom is -0.481 e. The number of thiol groups is 1. The van der Waals surface area contributed by atoms with Crippen molar-refractivity contribution in [2.24, 2.45) is 0 Å². The smallest absolute Gasteiger partial charge is 0.303 e. The highest BCUT2D eigenvalue weighted by Gasteiger charge is 1.97. The molecule has 0 spiro atoms. The summed E-state index contributed by atoms with van der Waals surface area (Å²) in [7, 11) is 0. The Hall–Kier alpha value is -0.260. The molecule has 4 nitrogen and oxygen atoms in total. The molecule has 5 heteroatoms. The molecule has 182 valence electrons. The van der Waals surface area contributed by atoms with Crippen LogP contribution in [-0.2, 0) is 4.79 Å². The highest BCUT2D eigenvalue weighted by Crippen LogP contribution is 2.14. The summed E-state index contributed by atoms with van der Waals surface area (Å²) < 4.78 is 0. The van der Waals surface area contributed by atoms with E-state index < -0.39 is 12.1 Å². The van der Waals surface area contributed by atoms with Crippen LogP contribution in [0.1, 0.15) is 135 Å². The lowest BCUT2D eigenvalue weighted by Gasteiger charge is -2.03. The van der Waals surface area contributed by atoms with E-state index in [4.69, 9.17) is 15.3 Å². The molecule has 0 rings (SSSR count). The number of aliphatic hydroxyl groups excluding tert-OH is 2. The van der Waals surface area contributed by atoms with Crippen molar-refractivity contribution in [1.29, 1.82) is 0 Å². The van der Waals surface area contributed by atoms with Gasteiger partial charge in [-0.25, -0.2) is 0 Å². The first-order chi connectivity index (χ1) is 14.6. The van der Waals surface area contributed by atoms with Crippen molar-refractivity contribution in [2.75, 3.05) is 12.4 Å². The van der Waals surface area contributed by atoms with E-state index in [-0.39, 0.29) is 6.61 Å². The molecule has 0 heterocycles. The van der Waals surface area contributed by atoms with Gasteiger partial charge in [-0.3, -0.25) is 4.79 Å². The summed E-state index contributed by atoms with van der Waals surface area (Å²) in [5.74, 6) is -0.321. The van der Waals surface area contributed by atoms with Gasteiger partial charge in [-0.15, -0.1) is 0 Å². The minimum atomic E-state index is -0.651. The molecule has 0 saturated carbocycles. The molecule has 0 aliphatic carbocycles. The third-order valence-electron chi connectivity index (χ3n) is 5.42. The Morgan fingerprint density at radius 2 is 0.967 bits per heavy atom. The van der Waals surface area contributed by atoms with Gasteiger partial charge < -0.3 is 15.3 Å². The largest absolute Gasteiger partial charge is 0.481 e. The molecule has 0 aromatic heterocycles. The zero-order valence-corrected chi connectivity index (χ0v) is 20.7.